The summed E-state index contributed by atoms with van der Waals surface area (Å²) in [5, 5.41) is 3.59. The zero-order valence-electron chi connectivity index (χ0n) is 11.6. The van der Waals surface area contributed by atoms with Gasteiger partial charge in [0.05, 0.1) is 0 Å². The third-order valence-electron chi connectivity index (χ3n) is 4.49. The lowest BCUT2D eigenvalue weighted by molar-refractivity contribution is 0.0909. The number of piperidine rings is 1. The smallest absolute Gasteiger partial charge is 0.251 e. The molecule has 2 aliphatic rings. The van der Waals surface area contributed by atoms with Crippen LogP contribution in [0.15, 0.2) is 24.5 Å². The molecule has 21 heavy (non-hydrogen) atoms. The van der Waals surface area contributed by atoms with Gasteiger partial charge >= 0.3 is 0 Å². The Hall–Kier alpha value is -1.59. The number of rotatable bonds is 2. The molecule has 4 rings (SSSR count). The number of amides is 1. The summed E-state index contributed by atoms with van der Waals surface area (Å²) in [5.41, 5.74) is 1.33. The predicted octanol–water partition coefficient (Wildman–Crippen LogP) is 1.81. The molecule has 1 unspecified atom stereocenters. The standard InChI is InChI=1S/C15H17ClN4O/c16-13-9-20-4-2-11(6-14(20)18-13)15(21)17-12-5-10-1-3-19(7-10)8-12/h2,4,6,9-10,12H,1,3,5,7-8H2,(H,17,21)/t10-,12-/m1/s1. The van der Waals surface area contributed by atoms with Crippen molar-refractivity contribution >= 4 is 23.2 Å². The highest BCUT2D eigenvalue weighted by Crippen LogP contribution is 2.26. The largest absolute Gasteiger partial charge is 0.348 e. The van der Waals surface area contributed by atoms with Gasteiger partial charge in [0.1, 0.15) is 10.8 Å². The Bertz CT molecular complexity index is 686. The van der Waals surface area contributed by atoms with E-state index in [4.69, 9.17) is 11.6 Å². The van der Waals surface area contributed by atoms with E-state index in [2.05, 4.69) is 15.2 Å². The lowest BCUT2D eigenvalue weighted by Crippen LogP contribution is -2.47. The number of halogens is 1. The van der Waals surface area contributed by atoms with Gasteiger partial charge in [0.15, 0.2) is 0 Å². The van der Waals surface area contributed by atoms with E-state index < -0.39 is 0 Å². The summed E-state index contributed by atoms with van der Waals surface area (Å²) in [5.74, 6) is 0.724. The van der Waals surface area contributed by atoms with Gasteiger partial charge in [-0.1, -0.05) is 11.6 Å². The van der Waals surface area contributed by atoms with Crippen molar-refractivity contribution in [2.24, 2.45) is 5.92 Å². The summed E-state index contributed by atoms with van der Waals surface area (Å²) in [7, 11) is 0. The molecule has 5 nitrogen and oxygen atoms in total. The second-order valence-corrected chi connectivity index (χ2v) is 6.45. The van der Waals surface area contributed by atoms with Gasteiger partial charge in [0.25, 0.3) is 5.91 Å². The maximum Gasteiger partial charge on any atom is 0.251 e. The molecule has 2 aromatic rings. The molecule has 110 valence electrons. The summed E-state index contributed by atoms with van der Waals surface area (Å²) < 4.78 is 1.81. The topological polar surface area (TPSA) is 49.6 Å². The Morgan fingerprint density at radius 3 is 3.19 bits per heavy atom. The fourth-order valence-corrected chi connectivity index (χ4v) is 3.72. The number of nitrogens with one attached hydrogen (secondary N) is 1. The van der Waals surface area contributed by atoms with E-state index in [0.717, 1.165) is 18.9 Å². The summed E-state index contributed by atoms with van der Waals surface area (Å²) >= 11 is 5.87. The van der Waals surface area contributed by atoms with Crippen molar-refractivity contribution in [1.82, 2.24) is 19.6 Å². The predicted molar refractivity (Wildman–Crippen MR) is 80.6 cm³/mol. The van der Waals surface area contributed by atoms with Crippen LogP contribution in [0.4, 0.5) is 0 Å². The summed E-state index contributed by atoms with van der Waals surface area (Å²) in [6, 6.07) is 3.84. The molecule has 2 aromatic heterocycles. The Morgan fingerprint density at radius 2 is 2.33 bits per heavy atom. The number of aromatic nitrogens is 2. The lowest BCUT2D eigenvalue weighted by Gasteiger charge is -2.30. The van der Waals surface area contributed by atoms with Gasteiger partial charge in [-0.25, -0.2) is 4.98 Å². The molecule has 0 aromatic carbocycles. The number of hydrogen-bond donors (Lipinski definition) is 1. The Labute approximate surface area is 127 Å². The SMILES string of the molecule is O=C(N[C@@H]1C[C@H]2CCN(C2)C1)c1ccn2cc(Cl)nc2c1. The first kappa shape index (κ1) is 13.1. The molecular weight excluding hydrogens is 288 g/mol. The molecule has 6 heteroatoms. The van der Waals surface area contributed by atoms with Crippen molar-refractivity contribution in [2.75, 3.05) is 19.6 Å². The zero-order valence-corrected chi connectivity index (χ0v) is 12.4. The molecule has 2 aliphatic heterocycles. The van der Waals surface area contributed by atoms with Crippen LogP contribution in [0, 0.1) is 5.92 Å². The number of nitrogens with zero attached hydrogens (tertiary/aromatic N) is 3. The van der Waals surface area contributed by atoms with Gasteiger partial charge in [-0.3, -0.25) is 4.79 Å². The van der Waals surface area contributed by atoms with Crippen molar-refractivity contribution in [3.05, 3.63) is 35.2 Å². The second-order valence-electron chi connectivity index (χ2n) is 6.06. The second kappa shape index (κ2) is 5.00. The van der Waals surface area contributed by atoms with E-state index in [-0.39, 0.29) is 11.9 Å². The van der Waals surface area contributed by atoms with Crippen molar-refractivity contribution in [3.8, 4) is 0 Å². The van der Waals surface area contributed by atoms with Crippen LogP contribution < -0.4 is 5.32 Å². The highest BCUT2D eigenvalue weighted by molar-refractivity contribution is 6.29. The van der Waals surface area contributed by atoms with E-state index in [0.29, 0.717) is 16.4 Å². The quantitative estimate of drug-likeness (QED) is 0.920. The van der Waals surface area contributed by atoms with Gasteiger partial charge in [0, 0.05) is 37.1 Å². The molecule has 0 radical (unpaired) electrons. The van der Waals surface area contributed by atoms with Crippen LogP contribution in [0.3, 0.4) is 0 Å². The van der Waals surface area contributed by atoms with E-state index in [1.807, 2.05) is 10.6 Å². The molecule has 0 spiro atoms. The Morgan fingerprint density at radius 1 is 1.43 bits per heavy atom. The van der Waals surface area contributed by atoms with Crippen LogP contribution in [-0.2, 0) is 0 Å². The van der Waals surface area contributed by atoms with Gasteiger partial charge in [-0.15, -0.1) is 0 Å². The van der Waals surface area contributed by atoms with Crippen LogP contribution >= 0.6 is 11.6 Å². The molecule has 2 bridgehead atoms. The molecule has 4 heterocycles. The molecule has 3 atom stereocenters. The van der Waals surface area contributed by atoms with Gasteiger partial charge in [-0.2, -0.15) is 0 Å². The Kier molecular flexibility index (Phi) is 3.12. The minimum atomic E-state index is -0.0240. The molecule has 0 aliphatic carbocycles. The summed E-state index contributed by atoms with van der Waals surface area (Å²) in [4.78, 5) is 19.0. The average molecular weight is 305 g/mol. The van der Waals surface area contributed by atoms with E-state index in [9.17, 15) is 4.79 Å². The minimum absolute atomic E-state index is 0.0240. The van der Waals surface area contributed by atoms with E-state index >= 15 is 0 Å². The van der Waals surface area contributed by atoms with Crippen LogP contribution in [0.2, 0.25) is 5.15 Å². The monoisotopic (exact) mass is 304 g/mol. The van der Waals surface area contributed by atoms with Crippen LogP contribution in [0.25, 0.3) is 5.65 Å². The summed E-state index contributed by atoms with van der Waals surface area (Å²) in [6.07, 6.45) is 5.91. The highest BCUT2D eigenvalue weighted by Gasteiger charge is 2.32. The van der Waals surface area contributed by atoms with Crippen molar-refractivity contribution in [1.29, 1.82) is 0 Å². The third kappa shape index (κ3) is 2.51. The maximum atomic E-state index is 12.4. The fraction of sp³-hybridized carbons (Fsp3) is 0.467. The average Bonchev–Trinajstić information content (AvgIpc) is 2.99. The molecule has 1 amide bonds. The number of pyridine rings is 1. The number of carbonyl (C=O) groups excluding carboxylic acids is 1. The van der Waals surface area contributed by atoms with Crippen molar-refractivity contribution in [3.63, 3.8) is 0 Å². The fourth-order valence-electron chi connectivity index (χ4n) is 3.53. The molecular formula is C15H17ClN4O. The first-order valence-electron chi connectivity index (χ1n) is 7.35. The minimum Gasteiger partial charge on any atom is -0.348 e. The van der Waals surface area contributed by atoms with E-state index in [1.54, 1.807) is 18.3 Å². The molecule has 1 N–H and O–H groups in total. The first-order valence-corrected chi connectivity index (χ1v) is 7.72. The lowest BCUT2D eigenvalue weighted by atomic mass is 9.96. The number of fused-ring (bicyclic) bond motifs is 3. The zero-order chi connectivity index (χ0) is 14.4. The van der Waals surface area contributed by atoms with Gasteiger partial charge < -0.3 is 14.6 Å². The number of hydrogen-bond acceptors (Lipinski definition) is 3. The first-order chi connectivity index (χ1) is 10.2. The summed E-state index contributed by atoms with van der Waals surface area (Å²) in [6.45, 7) is 3.35. The molecule has 0 saturated carbocycles. The van der Waals surface area contributed by atoms with Crippen LogP contribution in [0.5, 0.6) is 0 Å². The van der Waals surface area contributed by atoms with Gasteiger partial charge in [0.2, 0.25) is 0 Å². The number of carbonyl (C=O) groups is 1. The van der Waals surface area contributed by atoms with Crippen molar-refractivity contribution < 1.29 is 4.79 Å². The van der Waals surface area contributed by atoms with Crippen LogP contribution in [-0.4, -0.2) is 45.9 Å². The highest BCUT2D eigenvalue weighted by atomic mass is 35.5. The third-order valence-corrected chi connectivity index (χ3v) is 4.68. The van der Waals surface area contributed by atoms with Crippen molar-refractivity contribution in [2.45, 2.75) is 18.9 Å². The maximum absolute atomic E-state index is 12.4. The molecule has 2 fully saturated rings. The molecule has 2 saturated heterocycles. The van der Waals surface area contributed by atoms with E-state index in [1.165, 1.54) is 19.5 Å². The normalized spacial score (nSPS) is 28.0. The van der Waals surface area contributed by atoms with Crippen LogP contribution in [0.1, 0.15) is 23.2 Å². The van der Waals surface area contributed by atoms with Gasteiger partial charge in [-0.05, 0) is 37.4 Å². The Balaban J connectivity index is 1.50. The number of imidazole rings is 1.